The maximum atomic E-state index is 14.6. The van der Waals surface area contributed by atoms with E-state index in [4.69, 9.17) is 49.9 Å². The van der Waals surface area contributed by atoms with Gasteiger partial charge in [0.05, 0.1) is 34.4 Å². The van der Waals surface area contributed by atoms with Crippen molar-refractivity contribution in [3.8, 4) is 17.5 Å². The van der Waals surface area contributed by atoms with E-state index in [0.29, 0.717) is 16.6 Å². The van der Waals surface area contributed by atoms with Crippen molar-refractivity contribution >= 4 is 94.8 Å². The average molecular weight is 593 g/mol. The van der Waals surface area contributed by atoms with E-state index < -0.39 is 17.5 Å². The van der Waals surface area contributed by atoms with Gasteiger partial charge in [0, 0.05) is 30.7 Å². The number of nitrogens with one attached hydrogen (secondary N) is 1. The molecule has 2 aromatic carbocycles. The normalized spacial score (nSPS) is 11.8. The van der Waals surface area contributed by atoms with Crippen molar-refractivity contribution in [2.45, 2.75) is 19.9 Å². The summed E-state index contributed by atoms with van der Waals surface area (Å²) in [5.41, 5.74) is 7.60. The SMILES string of the molecule is [B]c1c([B])c([B])c(-n2c([C@@H](C)NC(=O)c3c(N)nn4cccnc34)nc3cccc(C#Cc4cnn(C)c4C)c3c2=O)c([B])c1[B]. The molecule has 0 unspecified atom stereocenters. The number of rotatable bonds is 4. The molecule has 0 aliphatic carbocycles. The molecule has 3 N–H and O–H groups in total. The monoisotopic (exact) mass is 593 g/mol. The van der Waals surface area contributed by atoms with Crippen molar-refractivity contribution in [2.75, 3.05) is 5.73 Å². The number of hydrogen-bond acceptors (Lipinski definition) is 7. The van der Waals surface area contributed by atoms with E-state index in [1.54, 1.807) is 48.3 Å². The number of carbonyl (C=O) groups excluding carboxylic acids is 1. The Morgan fingerprint density at radius 2 is 1.67 bits per heavy atom. The quantitative estimate of drug-likeness (QED) is 0.164. The van der Waals surface area contributed by atoms with Crippen molar-refractivity contribution < 1.29 is 4.79 Å². The summed E-state index contributed by atoms with van der Waals surface area (Å²) in [4.78, 5) is 37.2. The van der Waals surface area contributed by atoms with Gasteiger partial charge < -0.3 is 11.1 Å². The van der Waals surface area contributed by atoms with Crippen molar-refractivity contribution in [3.63, 3.8) is 0 Å². The van der Waals surface area contributed by atoms with Gasteiger partial charge in [-0.2, -0.15) is 5.10 Å². The first-order valence-electron chi connectivity index (χ1n) is 13.9. The molecule has 0 saturated carbocycles. The Balaban J connectivity index is 1.58. The molecule has 0 bridgehead atoms. The third-order valence-electron chi connectivity index (χ3n) is 7.77. The Bertz CT molecular complexity index is 2340. The molecule has 11 nitrogen and oxygen atoms in total. The van der Waals surface area contributed by atoms with Crippen LogP contribution in [0.4, 0.5) is 5.82 Å². The Kier molecular flexibility index (Phi) is 7.64. The van der Waals surface area contributed by atoms with E-state index in [-0.39, 0.29) is 61.2 Å². The summed E-state index contributed by atoms with van der Waals surface area (Å²) in [6.45, 7) is 3.51. The topological polar surface area (TPSA) is 138 Å². The summed E-state index contributed by atoms with van der Waals surface area (Å²) in [6.07, 6.45) is 4.76. The number of nitrogens with two attached hydrogens (primary N) is 1. The molecule has 1 amide bonds. The molecule has 212 valence electrons. The number of nitrogens with zero attached hydrogens (tertiary/aromatic N) is 7. The number of anilines is 1. The van der Waals surface area contributed by atoms with Gasteiger partial charge >= 0.3 is 0 Å². The number of aryl methyl sites for hydroxylation is 1. The van der Waals surface area contributed by atoms with Crippen LogP contribution in [0, 0.1) is 18.8 Å². The highest BCUT2D eigenvalue weighted by Crippen LogP contribution is 2.21. The van der Waals surface area contributed by atoms with E-state index in [0.717, 1.165) is 5.69 Å². The zero-order valence-corrected chi connectivity index (χ0v) is 25.0. The molecule has 0 spiro atoms. The van der Waals surface area contributed by atoms with Crippen LogP contribution in [-0.4, -0.2) is 79.1 Å². The lowest BCUT2D eigenvalue weighted by atomic mass is 9.61. The largest absolute Gasteiger partial charge is 0.381 e. The predicted octanol–water partition coefficient (Wildman–Crippen LogP) is -3.09. The fourth-order valence-electron chi connectivity index (χ4n) is 5.15. The Labute approximate surface area is 270 Å². The number of hydrogen-bond donors (Lipinski definition) is 2. The van der Waals surface area contributed by atoms with Gasteiger partial charge in [-0.05, 0) is 32.0 Å². The molecular weight excluding hydrogens is 572 g/mol. The fourth-order valence-corrected chi connectivity index (χ4v) is 5.15. The fraction of sp³-hybridized carbons (Fsp3) is 0.133. The zero-order chi connectivity index (χ0) is 33.0. The van der Waals surface area contributed by atoms with Gasteiger partial charge in [-0.3, -0.25) is 18.8 Å². The molecule has 0 aliphatic rings. The van der Waals surface area contributed by atoms with Crippen LogP contribution in [0.25, 0.3) is 22.2 Å². The van der Waals surface area contributed by atoms with Crippen LogP contribution in [0.3, 0.4) is 0 Å². The maximum absolute atomic E-state index is 14.6. The van der Waals surface area contributed by atoms with E-state index in [2.05, 4.69) is 32.3 Å². The second-order valence-corrected chi connectivity index (χ2v) is 10.6. The van der Waals surface area contributed by atoms with E-state index in [1.165, 1.54) is 15.3 Å². The lowest BCUT2D eigenvalue weighted by molar-refractivity contribution is 0.0940. The van der Waals surface area contributed by atoms with Gasteiger partial charge in [-0.25, -0.2) is 14.5 Å². The Hall–Kier alpha value is -5.44. The van der Waals surface area contributed by atoms with Gasteiger partial charge in [0.1, 0.15) is 50.6 Å². The van der Waals surface area contributed by atoms with Crippen molar-refractivity contribution in [3.05, 3.63) is 81.4 Å². The van der Waals surface area contributed by atoms with Crippen LogP contribution < -0.4 is 43.9 Å². The van der Waals surface area contributed by atoms with E-state index >= 15 is 0 Å². The number of amides is 1. The summed E-state index contributed by atoms with van der Waals surface area (Å²) in [5, 5.41) is 11.4. The Morgan fingerprint density at radius 1 is 1.00 bits per heavy atom. The molecule has 10 radical (unpaired) electrons. The highest BCUT2D eigenvalue weighted by Gasteiger charge is 2.26. The minimum atomic E-state index is -0.936. The van der Waals surface area contributed by atoms with Crippen LogP contribution in [0.1, 0.15) is 46.0 Å². The van der Waals surface area contributed by atoms with Crippen LogP contribution in [0.15, 0.2) is 47.7 Å². The molecule has 4 aromatic heterocycles. The summed E-state index contributed by atoms with van der Waals surface area (Å²) in [7, 11) is 33.1. The number of aromatic nitrogens is 7. The number of fused-ring (bicyclic) bond motifs is 2. The van der Waals surface area contributed by atoms with Gasteiger partial charge in [-0.15, -0.1) is 21.5 Å². The van der Waals surface area contributed by atoms with Crippen molar-refractivity contribution in [1.82, 2.24) is 39.2 Å². The van der Waals surface area contributed by atoms with E-state index in [9.17, 15) is 9.59 Å². The molecule has 6 aromatic rings. The lowest BCUT2D eigenvalue weighted by Crippen LogP contribution is -2.57. The standard InChI is InChI=1S/C30H20B5N9O2/c1-13(39-29(45)19-26(36)41-43-11-5-10-37-28(19)43)27-40-17-7-4-6-15(8-9-16-12-38-42(3)14(16)2)18(17)30(46)44(27)25-23(34)21(32)20(31)22(33)24(25)35/h4-7,10-13H,1-3H3,(H2,36,41)(H,39,45)/t13-/m1/s1. The molecule has 1 atom stereocenters. The molecular formula is C30H20B5N9O2. The van der Waals surface area contributed by atoms with E-state index in [1.807, 2.05) is 14.0 Å². The van der Waals surface area contributed by atoms with Gasteiger partial charge in [0.15, 0.2) is 11.5 Å². The third-order valence-corrected chi connectivity index (χ3v) is 7.77. The number of benzene rings is 2. The Morgan fingerprint density at radius 3 is 2.35 bits per heavy atom. The summed E-state index contributed by atoms with van der Waals surface area (Å²) in [5.74, 6) is 5.57. The smallest absolute Gasteiger partial charge is 0.267 e. The first-order chi connectivity index (χ1) is 21.9. The number of carbonyl (C=O) groups is 1. The van der Waals surface area contributed by atoms with Crippen LogP contribution in [0.2, 0.25) is 0 Å². The predicted molar refractivity (Wildman–Crippen MR) is 181 cm³/mol. The lowest BCUT2D eigenvalue weighted by Gasteiger charge is -2.26. The third kappa shape index (κ3) is 4.88. The number of nitrogen functional groups attached to an aromatic ring is 1. The van der Waals surface area contributed by atoms with Gasteiger partial charge in [-0.1, -0.05) is 28.8 Å². The highest BCUT2D eigenvalue weighted by molar-refractivity contribution is 6.68. The molecule has 0 fully saturated rings. The van der Waals surface area contributed by atoms with Crippen molar-refractivity contribution in [1.29, 1.82) is 0 Å². The maximum Gasteiger partial charge on any atom is 0.267 e. The van der Waals surface area contributed by atoms with Gasteiger partial charge in [0.25, 0.3) is 11.5 Å². The molecule has 6 rings (SSSR count). The van der Waals surface area contributed by atoms with Gasteiger partial charge in [0.2, 0.25) is 0 Å². The first kappa shape index (κ1) is 30.6. The second kappa shape index (κ2) is 11.5. The van der Waals surface area contributed by atoms with Crippen LogP contribution in [0.5, 0.6) is 0 Å². The minimum Gasteiger partial charge on any atom is -0.381 e. The van der Waals surface area contributed by atoms with Crippen molar-refractivity contribution in [2.24, 2.45) is 7.05 Å². The molecule has 0 saturated heterocycles. The molecule has 46 heavy (non-hydrogen) atoms. The average Bonchev–Trinajstić information content (AvgIpc) is 3.55. The highest BCUT2D eigenvalue weighted by atomic mass is 16.2. The molecule has 0 aliphatic heterocycles. The first-order valence-corrected chi connectivity index (χ1v) is 13.9. The second-order valence-electron chi connectivity index (χ2n) is 10.6. The summed E-state index contributed by atoms with van der Waals surface area (Å²) < 4.78 is 4.25. The van der Waals surface area contributed by atoms with Crippen LogP contribution in [-0.2, 0) is 7.05 Å². The molecule has 4 heterocycles. The minimum absolute atomic E-state index is 0.0297. The summed E-state index contributed by atoms with van der Waals surface area (Å²) in [6, 6.07) is 5.79. The molecule has 16 heteroatoms. The summed E-state index contributed by atoms with van der Waals surface area (Å²) >= 11 is 0. The zero-order valence-electron chi connectivity index (χ0n) is 25.0. The van der Waals surface area contributed by atoms with Crippen LogP contribution >= 0.6 is 0 Å².